The zero-order chi connectivity index (χ0) is 15.7. The summed E-state index contributed by atoms with van der Waals surface area (Å²) in [5.41, 5.74) is 2.41. The normalized spacial score (nSPS) is 10.7. The van der Waals surface area contributed by atoms with E-state index < -0.39 is 0 Å². The molecule has 0 unspecified atom stereocenters. The summed E-state index contributed by atoms with van der Waals surface area (Å²) in [5.74, 6) is -0.140. The molecule has 0 radical (unpaired) electrons. The fourth-order valence-electron chi connectivity index (χ4n) is 2.43. The van der Waals surface area contributed by atoms with E-state index in [9.17, 15) is 4.79 Å². The van der Waals surface area contributed by atoms with E-state index in [0.29, 0.717) is 10.6 Å². The number of benzene rings is 3. The molecule has 0 spiro atoms. The second kappa shape index (κ2) is 6.11. The number of halogens is 2. The molecule has 0 aliphatic rings. The molecule has 0 fully saturated rings. The van der Waals surface area contributed by atoms with E-state index in [1.165, 1.54) is 0 Å². The van der Waals surface area contributed by atoms with Crippen LogP contribution >= 0.6 is 27.5 Å². The Balaban J connectivity index is 2.01. The van der Waals surface area contributed by atoms with Gasteiger partial charge in [0.05, 0.1) is 0 Å². The van der Waals surface area contributed by atoms with Crippen molar-refractivity contribution >= 4 is 49.9 Å². The van der Waals surface area contributed by atoms with E-state index in [2.05, 4.69) is 21.2 Å². The molecule has 2 nitrogen and oxygen atoms in total. The fraction of sp³-hybridized carbons (Fsp3) is 0.0556. The van der Waals surface area contributed by atoms with Crippen LogP contribution in [0, 0.1) is 6.92 Å². The van der Waals surface area contributed by atoms with Crippen molar-refractivity contribution in [2.75, 3.05) is 5.32 Å². The van der Waals surface area contributed by atoms with Crippen LogP contribution in [-0.2, 0) is 0 Å². The van der Waals surface area contributed by atoms with Gasteiger partial charge in [0, 0.05) is 26.1 Å². The minimum atomic E-state index is -0.140. The number of aryl methyl sites for hydroxylation is 1. The van der Waals surface area contributed by atoms with Crippen LogP contribution in [0.5, 0.6) is 0 Å². The lowest BCUT2D eigenvalue weighted by Gasteiger charge is -2.11. The molecule has 110 valence electrons. The Bertz CT molecular complexity index is 876. The minimum Gasteiger partial charge on any atom is -0.322 e. The van der Waals surface area contributed by atoms with Gasteiger partial charge < -0.3 is 5.32 Å². The van der Waals surface area contributed by atoms with E-state index in [0.717, 1.165) is 26.5 Å². The third-order valence-electron chi connectivity index (χ3n) is 3.55. The number of anilines is 1. The summed E-state index contributed by atoms with van der Waals surface area (Å²) in [5, 5.41) is 5.34. The van der Waals surface area contributed by atoms with Crippen LogP contribution in [0.1, 0.15) is 15.9 Å². The standard InChI is InChI=1S/C18H13BrClNO/c1-11-10-12(19)8-9-17(11)21-18(22)15-6-2-5-14-13(15)4-3-7-16(14)20/h2-10H,1H3,(H,21,22). The molecule has 3 rings (SSSR count). The Morgan fingerprint density at radius 1 is 1.05 bits per heavy atom. The van der Waals surface area contributed by atoms with E-state index >= 15 is 0 Å². The number of rotatable bonds is 2. The Labute approximate surface area is 142 Å². The van der Waals surface area contributed by atoms with Crippen LogP contribution in [0.25, 0.3) is 10.8 Å². The third-order valence-corrected chi connectivity index (χ3v) is 4.37. The summed E-state index contributed by atoms with van der Waals surface area (Å²) < 4.78 is 0.986. The molecule has 0 saturated carbocycles. The Hall–Kier alpha value is -1.84. The highest BCUT2D eigenvalue weighted by molar-refractivity contribution is 9.10. The molecule has 4 heteroatoms. The smallest absolute Gasteiger partial charge is 0.256 e. The maximum atomic E-state index is 12.6. The molecule has 0 aliphatic carbocycles. The van der Waals surface area contributed by atoms with Crippen molar-refractivity contribution in [3.05, 3.63) is 75.2 Å². The van der Waals surface area contributed by atoms with Crippen molar-refractivity contribution in [1.29, 1.82) is 0 Å². The van der Waals surface area contributed by atoms with E-state index in [1.807, 2.05) is 61.5 Å². The van der Waals surface area contributed by atoms with Crippen molar-refractivity contribution in [3.63, 3.8) is 0 Å². The van der Waals surface area contributed by atoms with Crippen LogP contribution in [0.4, 0.5) is 5.69 Å². The van der Waals surface area contributed by atoms with Crippen LogP contribution in [0.3, 0.4) is 0 Å². The van der Waals surface area contributed by atoms with Gasteiger partial charge in [0.2, 0.25) is 0 Å². The van der Waals surface area contributed by atoms with Gasteiger partial charge in [0.15, 0.2) is 0 Å². The number of nitrogens with one attached hydrogen (secondary N) is 1. The zero-order valence-electron chi connectivity index (χ0n) is 11.9. The first kappa shape index (κ1) is 15.1. The first-order valence-corrected chi connectivity index (χ1v) is 7.98. The molecular formula is C18H13BrClNO. The first-order valence-electron chi connectivity index (χ1n) is 6.81. The second-order valence-electron chi connectivity index (χ2n) is 5.05. The number of hydrogen-bond acceptors (Lipinski definition) is 1. The summed E-state index contributed by atoms with van der Waals surface area (Å²) >= 11 is 9.62. The summed E-state index contributed by atoms with van der Waals surface area (Å²) in [4.78, 5) is 12.6. The summed E-state index contributed by atoms with van der Waals surface area (Å²) in [6.07, 6.45) is 0. The highest BCUT2D eigenvalue weighted by Crippen LogP contribution is 2.27. The number of amides is 1. The third kappa shape index (κ3) is 2.87. The fourth-order valence-corrected chi connectivity index (χ4v) is 3.14. The lowest BCUT2D eigenvalue weighted by atomic mass is 10.0. The maximum absolute atomic E-state index is 12.6. The van der Waals surface area contributed by atoms with Gasteiger partial charge in [-0.25, -0.2) is 0 Å². The van der Waals surface area contributed by atoms with Crippen molar-refractivity contribution in [1.82, 2.24) is 0 Å². The van der Waals surface area contributed by atoms with Gasteiger partial charge in [0.25, 0.3) is 5.91 Å². The molecule has 0 aromatic heterocycles. The number of fused-ring (bicyclic) bond motifs is 1. The molecule has 1 N–H and O–H groups in total. The average Bonchev–Trinajstić information content (AvgIpc) is 2.50. The Morgan fingerprint density at radius 2 is 1.77 bits per heavy atom. The number of carbonyl (C=O) groups excluding carboxylic acids is 1. The lowest BCUT2D eigenvalue weighted by molar-refractivity contribution is 0.102. The molecule has 3 aromatic rings. The van der Waals surface area contributed by atoms with Crippen molar-refractivity contribution in [2.45, 2.75) is 6.92 Å². The SMILES string of the molecule is Cc1cc(Br)ccc1NC(=O)c1cccc2c(Cl)cccc12. The molecule has 22 heavy (non-hydrogen) atoms. The van der Waals surface area contributed by atoms with Crippen molar-refractivity contribution in [2.24, 2.45) is 0 Å². The van der Waals surface area contributed by atoms with Crippen LogP contribution in [-0.4, -0.2) is 5.91 Å². The highest BCUT2D eigenvalue weighted by Gasteiger charge is 2.12. The van der Waals surface area contributed by atoms with Gasteiger partial charge in [-0.1, -0.05) is 51.8 Å². The van der Waals surface area contributed by atoms with Gasteiger partial charge in [-0.05, 0) is 48.2 Å². The second-order valence-corrected chi connectivity index (χ2v) is 6.38. The minimum absolute atomic E-state index is 0.140. The molecule has 0 aliphatic heterocycles. The van der Waals surface area contributed by atoms with Crippen LogP contribution in [0.15, 0.2) is 59.1 Å². The van der Waals surface area contributed by atoms with E-state index in [4.69, 9.17) is 11.6 Å². The molecular weight excluding hydrogens is 362 g/mol. The topological polar surface area (TPSA) is 29.1 Å². The van der Waals surface area contributed by atoms with Gasteiger partial charge >= 0.3 is 0 Å². The lowest BCUT2D eigenvalue weighted by Crippen LogP contribution is -2.13. The Kier molecular flexibility index (Phi) is 4.19. The maximum Gasteiger partial charge on any atom is 0.256 e. The average molecular weight is 375 g/mol. The van der Waals surface area contributed by atoms with Crippen molar-refractivity contribution < 1.29 is 4.79 Å². The first-order chi connectivity index (χ1) is 10.6. The molecule has 1 amide bonds. The van der Waals surface area contributed by atoms with Gasteiger partial charge in [-0.3, -0.25) is 4.79 Å². The van der Waals surface area contributed by atoms with Gasteiger partial charge in [-0.2, -0.15) is 0 Å². The number of carbonyl (C=O) groups is 1. The molecule has 3 aromatic carbocycles. The summed E-state index contributed by atoms with van der Waals surface area (Å²) in [6.45, 7) is 1.96. The summed E-state index contributed by atoms with van der Waals surface area (Å²) in [7, 11) is 0. The van der Waals surface area contributed by atoms with Gasteiger partial charge in [-0.15, -0.1) is 0 Å². The quantitative estimate of drug-likeness (QED) is 0.602. The molecule has 0 atom stereocenters. The van der Waals surface area contributed by atoms with Gasteiger partial charge in [0.1, 0.15) is 0 Å². The molecule has 0 saturated heterocycles. The predicted molar refractivity (Wildman–Crippen MR) is 95.8 cm³/mol. The van der Waals surface area contributed by atoms with Crippen molar-refractivity contribution in [3.8, 4) is 0 Å². The number of hydrogen-bond donors (Lipinski definition) is 1. The predicted octanol–water partition coefficient (Wildman–Crippen LogP) is 5.82. The summed E-state index contributed by atoms with van der Waals surface area (Å²) in [6, 6.07) is 16.9. The molecule has 0 bridgehead atoms. The Morgan fingerprint density at radius 3 is 2.55 bits per heavy atom. The zero-order valence-corrected chi connectivity index (χ0v) is 14.2. The van der Waals surface area contributed by atoms with Crippen LogP contribution < -0.4 is 5.32 Å². The largest absolute Gasteiger partial charge is 0.322 e. The van der Waals surface area contributed by atoms with E-state index in [-0.39, 0.29) is 5.91 Å². The van der Waals surface area contributed by atoms with Crippen LogP contribution in [0.2, 0.25) is 5.02 Å². The van der Waals surface area contributed by atoms with E-state index in [1.54, 1.807) is 0 Å². The molecule has 0 heterocycles. The monoisotopic (exact) mass is 373 g/mol. The highest BCUT2D eigenvalue weighted by atomic mass is 79.9.